The number of aryl methyl sites for hydroxylation is 2. The molecule has 6 aromatic heterocycles. The van der Waals surface area contributed by atoms with Crippen molar-refractivity contribution in [2.24, 2.45) is 0 Å². The van der Waals surface area contributed by atoms with E-state index in [1.807, 2.05) is 55.4 Å². The van der Waals surface area contributed by atoms with Crippen LogP contribution < -0.4 is 11.5 Å². The first-order valence-corrected chi connectivity index (χ1v) is 23.2. The Labute approximate surface area is 403 Å². The molecule has 26 nitrogen and oxygen atoms in total. The highest BCUT2D eigenvalue weighted by atomic mass is 16.4. The molecule has 0 bridgehead atoms. The van der Waals surface area contributed by atoms with Crippen molar-refractivity contribution in [3.63, 3.8) is 0 Å². The number of piperidine rings is 2. The van der Waals surface area contributed by atoms with E-state index in [1.165, 1.54) is 12.4 Å². The fourth-order valence-electron chi connectivity index (χ4n) is 7.75. The number of nitrogens with two attached hydrogens (primary N) is 2. The first-order chi connectivity index (χ1) is 33.2. The molecule has 2 aliphatic rings. The van der Waals surface area contributed by atoms with Gasteiger partial charge in [0, 0.05) is 61.9 Å². The van der Waals surface area contributed by atoms with E-state index in [-0.39, 0.29) is 57.5 Å². The summed E-state index contributed by atoms with van der Waals surface area (Å²) >= 11 is 0. The monoisotopic (exact) mass is 970 g/mol. The van der Waals surface area contributed by atoms with Crippen LogP contribution in [0, 0.1) is 0 Å². The fraction of sp³-hybridized carbons (Fsp3) is 0.591. The van der Waals surface area contributed by atoms with E-state index in [0.717, 1.165) is 0 Å². The van der Waals surface area contributed by atoms with Crippen molar-refractivity contribution in [1.82, 2.24) is 79.7 Å². The molecule has 0 spiro atoms. The van der Waals surface area contributed by atoms with E-state index in [2.05, 4.69) is 50.5 Å². The van der Waals surface area contributed by atoms with Crippen LogP contribution in [-0.4, -0.2) is 164 Å². The SMILES string of the molecule is CCn1nc(C2CCN(C(=O)[C@@H](O)CO)CC2)nc1-c1cnc(N)c(-c2nnc(C(C)(C)C)o2)n1.CCn1nc(C2CCN(C(=O)[C@H](O)CO)CC2)nc1-c1cnc(N)c(-c2nnc(C(C)(C)C)o2)n1. The number of likely N-dealkylation sites (tertiary alicyclic amines) is 2. The zero-order chi connectivity index (χ0) is 50.7. The maximum absolute atomic E-state index is 12.1. The second kappa shape index (κ2) is 21.0. The zero-order valence-corrected chi connectivity index (χ0v) is 40.7. The molecule has 0 aromatic carbocycles. The topological polar surface area (TPSA) is 364 Å². The largest absolute Gasteiger partial charge is 0.419 e. The minimum Gasteiger partial charge on any atom is -0.419 e. The number of aliphatic hydroxyl groups excluding tert-OH is 4. The standard InChI is InChI=1S/2C22H31N9O4/c2*1-5-31-18(26-17(29-31)12-6-8-30(9-7-12)20(34)14(33)11-32)13-10-24-16(23)15(25-13)19-27-28-21(35-19)22(2,3)4/h2*10,12,14,32-33H,5-9,11H2,1-4H3,(H2,23,24)/t2*14-/m10/s1. The molecule has 0 unspecified atom stereocenters. The lowest BCUT2D eigenvalue weighted by Crippen LogP contribution is -2.44. The molecular weight excluding hydrogens is 909 g/mol. The molecule has 70 heavy (non-hydrogen) atoms. The van der Waals surface area contributed by atoms with E-state index in [9.17, 15) is 19.8 Å². The van der Waals surface area contributed by atoms with Crippen LogP contribution in [0.3, 0.4) is 0 Å². The molecule has 0 saturated carbocycles. The van der Waals surface area contributed by atoms with Crippen molar-refractivity contribution in [3.8, 4) is 46.2 Å². The number of carbonyl (C=O) groups excluding carboxylic acids is 2. The van der Waals surface area contributed by atoms with Crippen molar-refractivity contribution in [2.75, 3.05) is 50.9 Å². The summed E-state index contributed by atoms with van der Waals surface area (Å²) in [5, 5.41) is 63.1. The van der Waals surface area contributed by atoms with Crippen LogP contribution in [0.1, 0.15) is 116 Å². The lowest BCUT2D eigenvalue weighted by atomic mass is 9.96. The number of carbonyl (C=O) groups is 2. The lowest BCUT2D eigenvalue weighted by Gasteiger charge is -2.31. The number of nitrogens with zero attached hydrogens (tertiary/aromatic N) is 16. The van der Waals surface area contributed by atoms with E-state index in [4.69, 9.17) is 40.5 Å². The highest BCUT2D eigenvalue weighted by Crippen LogP contribution is 2.33. The van der Waals surface area contributed by atoms with Crippen LogP contribution in [0.15, 0.2) is 21.2 Å². The van der Waals surface area contributed by atoms with Gasteiger partial charge in [-0.3, -0.25) is 9.59 Å². The molecule has 8 heterocycles. The van der Waals surface area contributed by atoms with Crippen LogP contribution in [0.4, 0.5) is 11.6 Å². The van der Waals surface area contributed by atoms with Gasteiger partial charge in [0.15, 0.2) is 58.5 Å². The Hall–Kier alpha value is -6.90. The molecule has 2 amide bonds. The van der Waals surface area contributed by atoms with Crippen LogP contribution in [0.5, 0.6) is 0 Å². The minimum atomic E-state index is -1.38. The number of hydrogen-bond donors (Lipinski definition) is 6. The van der Waals surface area contributed by atoms with Gasteiger partial charge in [0.25, 0.3) is 23.6 Å². The fourth-order valence-corrected chi connectivity index (χ4v) is 7.75. The van der Waals surface area contributed by atoms with Crippen LogP contribution in [-0.2, 0) is 33.5 Å². The summed E-state index contributed by atoms with van der Waals surface area (Å²) in [4.78, 5) is 54.7. The van der Waals surface area contributed by atoms with Gasteiger partial charge < -0.3 is 50.5 Å². The first kappa shape index (κ1) is 51.0. The zero-order valence-electron chi connectivity index (χ0n) is 40.7. The van der Waals surface area contributed by atoms with Gasteiger partial charge in [0.1, 0.15) is 11.4 Å². The molecule has 0 radical (unpaired) electrons. The Balaban J connectivity index is 0.000000206. The van der Waals surface area contributed by atoms with Gasteiger partial charge in [-0.25, -0.2) is 39.3 Å². The summed E-state index contributed by atoms with van der Waals surface area (Å²) in [6.45, 7) is 17.5. The quantitative estimate of drug-likeness (QED) is 0.101. The van der Waals surface area contributed by atoms with Gasteiger partial charge in [0.2, 0.25) is 11.8 Å². The Morgan fingerprint density at radius 2 is 0.986 bits per heavy atom. The number of hydrogen-bond acceptors (Lipinski definition) is 22. The third kappa shape index (κ3) is 11.1. The summed E-state index contributed by atoms with van der Waals surface area (Å²) < 4.78 is 15.1. The number of rotatable bonds is 12. The van der Waals surface area contributed by atoms with Gasteiger partial charge in [-0.05, 0) is 39.5 Å². The molecule has 376 valence electrons. The smallest absolute Gasteiger partial charge is 0.270 e. The summed E-state index contributed by atoms with van der Waals surface area (Å²) in [6, 6.07) is 0. The van der Waals surface area contributed by atoms with Crippen molar-refractivity contribution in [3.05, 3.63) is 35.8 Å². The molecule has 2 aliphatic heterocycles. The van der Waals surface area contributed by atoms with Crippen LogP contribution in [0.2, 0.25) is 0 Å². The number of aromatic nitrogens is 14. The van der Waals surface area contributed by atoms with E-state index >= 15 is 0 Å². The number of nitrogen functional groups attached to an aromatic ring is 2. The van der Waals surface area contributed by atoms with E-state index in [0.29, 0.717) is 111 Å². The first-order valence-electron chi connectivity index (χ1n) is 23.2. The van der Waals surface area contributed by atoms with Crippen molar-refractivity contribution in [2.45, 2.75) is 129 Å². The van der Waals surface area contributed by atoms with Gasteiger partial charge >= 0.3 is 0 Å². The summed E-state index contributed by atoms with van der Waals surface area (Å²) in [5.74, 6) is 3.22. The van der Waals surface area contributed by atoms with Gasteiger partial charge in [-0.1, -0.05) is 41.5 Å². The molecule has 2 saturated heterocycles. The highest BCUT2D eigenvalue weighted by Gasteiger charge is 2.33. The van der Waals surface area contributed by atoms with Gasteiger partial charge in [-0.15, -0.1) is 20.4 Å². The third-order valence-electron chi connectivity index (χ3n) is 11.8. The highest BCUT2D eigenvalue weighted by molar-refractivity contribution is 5.81. The number of anilines is 2. The molecule has 6 aromatic rings. The number of aliphatic hydroxyl groups is 4. The van der Waals surface area contributed by atoms with Crippen molar-refractivity contribution < 1.29 is 38.8 Å². The molecule has 8 rings (SSSR count). The van der Waals surface area contributed by atoms with Crippen LogP contribution >= 0.6 is 0 Å². The Morgan fingerprint density at radius 3 is 1.29 bits per heavy atom. The van der Waals surface area contributed by atoms with Gasteiger partial charge in [-0.2, -0.15) is 10.2 Å². The van der Waals surface area contributed by atoms with Crippen molar-refractivity contribution >= 4 is 23.5 Å². The second-order valence-electron chi connectivity index (χ2n) is 19.1. The predicted octanol–water partition coefficient (Wildman–Crippen LogP) is 1.49. The molecule has 26 heteroatoms. The predicted molar refractivity (Wildman–Crippen MR) is 250 cm³/mol. The Kier molecular flexibility index (Phi) is 15.3. The Bertz CT molecular complexity index is 2570. The summed E-state index contributed by atoms with van der Waals surface area (Å²) in [6.07, 6.45) is 2.90. The number of amides is 2. The molecule has 8 N–H and O–H groups in total. The van der Waals surface area contributed by atoms with Crippen molar-refractivity contribution in [1.29, 1.82) is 0 Å². The van der Waals surface area contributed by atoms with E-state index in [1.54, 1.807) is 19.2 Å². The summed E-state index contributed by atoms with van der Waals surface area (Å²) in [5.41, 5.74) is 13.0. The second-order valence-corrected chi connectivity index (χ2v) is 19.1. The summed E-state index contributed by atoms with van der Waals surface area (Å²) in [7, 11) is 0. The maximum atomic E-state index is 12.1. The molecular formula is C44H62N18O8. The lowest BCUT2D eigenvalue weighted by molar-refractivity contribution is -0.143. The molecule has 0 aliphatic carbocycles. The maximum Gasteiger partial charge on any atom is 0.270 e. The molecule has 2 atom stereocenters. The average Bonchev–Trinajstić information content (AvgIpc) is 4.20. The minimum absolute atomic E-state index is 0.0448. The normalized spacial score (nSPS) is 16.0. The molecule has 2 fully saturated rings. The third-order valence-corrected chi connectivity index (χ3v) is 11.8. The Morgan fingerprint density at radius 1 is 0.629 bits per heavy atom. The van der Waals surface area contributed by atoms with Gasteiger partial charge in [0.05, 0.1) is 25.6 Å². The van der Waals surface area contributed by atoms with E-state index < -0.39 is 37.2 Å². The van der Waals surface area contributed by atoms with Crippen LogP contribution in [0.25, 0.3) is 46.2 Å². The average molecular weight is 971 g/mol.